The van der Waals surface area contributed by atoms with E-state index in [9.17, 15) is 9.59 Å². The number of amides is 1. The lowest BCUT2D eigenvalue weighted by molar-refractivity contribution is -0.132. The van der Waals surface area contributed by atoms with Crippen molar-refractivity contribution in [3.63, 3.8) is 0 Å². The third-order valence-corrected chi connectivity index (χ3v) is 4.03. The van der Waals surface area contributed by atoms with E-state index in [1.165, 1.54) is 15.6 Å². The van der Waals surface area contributed by atoms with E-state index < -0.39 is 0 Å². The van der Waals surface area contributed by atoms with Gasteiger partial charge in [0.15, 0.2) is 0 Å². The lowest BCUT2D eigenvalue weighted by Crippen LogP contribution is -2.36. The first-order chi connectivity index (χ1) is 10.3. The molecule has 2 aromatic rings. The van der Waals surface area contributed by atoms with Crippen LogP contribution in [0.25, 0.3) is 0 Å². The molecule has 1 unspecified atom stereocenters. The van der Waals surface area contributed by atoms with Crippen LogP contribution in [0.15, 0.2) is 29.3 Å². The molecule has 6 heteroatoms. The average molecular weight is 302 g/mol. The molecule has 0 saturated heterocycles. The van der Waals surface area contributed by atoms with E-state index in [4.69, 9.17) is 0 Å². The minimum Gasteiger partial charge on any atom is -0.337 e. The van der Waals surface area contributed by atoms with E-state index in [-0.39, 0.29) is 24.2 Å². The molecule has 0 aliphatic heterocycles. The number of hydrogen-bond donors (Lipinski definition) is 0. The fourth-order valence-corrected chi connectivity index (χ4v) is 2.40. The summed E-state index contributed by atoms with van der Waals surface area (Å²) in [4.78, 5) is 25.8. The molecule has 1 amide bonds. The molecular formula is C16H22N4O2. The highest BCUT2D eigenvalue weighted by molar-refractivity contribution is 5.76. The van der Waals surface area contributed by atoms with E-state index in [1.807, 2.05) is 20.8 Å². The maximum absolute atomic E-state index is 12.4. The van der Waals surface area contributed by atoms with Gasteiger partial charge in [0.1, 0.15) is 12.9 Å². The van der Waals surface area contributed by atoms with E-state index in [0.717, 1.165) is 16.7 Å². The minimum absolute atomic E-state index is 0.0502. The van der Waals surface area contributed by atoms with Crippen molar-refractivity contribution in [2.45, 2.75) is 33.4 Å². The summed E-state index contributed by atoms with van der Waals surface area (Å²) in [5.74, 6) is -0.144. The summed E-state index contributed by atoms with van der Waals surface area (Å²) >= 11 is 0. The summed E-state index contributed by atoms with van der Waals surface area (Å²) < 4.78 is 2.52. The largest absolute Gasteiger partial charge is 0.345 e. The van der Waals surface area contributed by atoms with Crippen molar-refractivity contribution in [2.75, 3.05) is 7.05 Å². The van der Waals surface area contributed by atoms with Crippen LogP contribution in [-0.2, 0) is 18.4 Å². The van der Waals surface area contributed by atoms with Gasteiger partial charge in [0.2, 0.25) is 5.91 Å². The zero-order valence-electron chi connectivity index (χ0n) is 13.7. The van der Waals surface area contributed by atoms with Gasteiger partial charge >= 0.3 is 5.69 Å². The number of aryl methyl sites for hydroxylation is 3. The molecule has 1 atom stereocenters. The van der Waals surface area contributed by atoms with Crippen LogP contribution in [0.4, 0.5) is 0 Å². The van der Waals surface area contributed by atoms with Gasteiger partial charge in [0.25, 0.3) is 0 Å². The van der Waals surface area contributed by atoms with Crippen LogP contribution in [0.2, 0.25) is 0 Å². The number of likely N-dealkylation sites (N-methyl/N-ethyl adjacent to an activating group) is 1. The first-order valence-electron chi connectivity index (χ1n) is 7.22. The molecule has 0 N–H and O–H groups in total. The fraction of sp³-hybridized carbons (Fsp3) is 0.438. The molecule has 2 rings (SSSR count). The molecule has 118 valence electrons. The normalized spacial score (nSPS) is 12.2. The summed E-state index contributed by atoms with van der Waals surface area (Å²) in [7, 11) is 3.36. The molecule has 0 aliphatic carbocycles. The van der Waals surface area contributed by atoms with E-state index >= 15 is 0 Å². The predicted molar refractivity (Wildman–Crippen MR) is 84.6 cm³/mol. The first-order valence-corrected chi connectivity index (χ1v) is 7.22. The van der Waals surface area contributed by atoms with Crippen molar-refractivity contribution in [1.82, 2.24) is 19.2 Å². The van der Waals surface area contributed by atoms with Gasteiger partial charge in [0.05, 0.1) is 6.04 Å². The number of carbonyl (C=O) groups excluding carboxylic acids is 1. The molecule has 0 spiro atoms. The van der Waals surface area contributed by atoms with Gasteiger partial charge < -0.3 is 4.90 Å². The second kappa shape index (κ2) is 6.17. The Morgan fingerprint density at radius 1 is 1.36 bits per heavy atom. The van der Waals surface area contributed by atoms with E-state index in [2.05, 4.69) is 23.3 Å². The molecule has 22 heavy (non-hydrogen) atoms. The van der Waals surface area contributed by atoms with Crippen molar-refractivity contribution in [1.29, 1.82) is 0 Å². The Morgan fingerprint density at radius 3 is 2.64 bits per heavy atom. The monoisotopic (exact) mass is 302 g/mol. The highest BCUT2D eigenvalue weighted by Crippen LogP contribution is 2.23. The quantitative estimate of drug-likeness (QED) is 0.858. The van der Waals surface area contributed by atoms with Gasteiger partial charge in [-0.2, -0.15) is 5.10 Å². The third kappa shape index (κ3) is 3.10. The number of aromatic nitrogens is 3. The van der Waals surface area contributed by atoms with Crippen molar-refractivity contribution in [3.8, 4) is 0 Å². The Labute approximate surface area is 130 Å². The standard InChI is InChI=1S/C16H22N4O2/c1-11-6-7-12(2)14(8-11)13(3)19(5)15(21)9-20-16(22)18(4)10-17-20/h6-8,10,13H,9H2,1-5H3. The number of carbonyl (C=O) groups is 1. The molecule has 0 radical (unpaired) electrons. The van der Waals surface area contributed by atoms with Crippen LogP contribution >= 0.6 is 0 Å². The molecule has 1 aromatic carbocycles. The molecule has 1 aromatic heterocycles. The number of nitrogens with zero attached hydrogens (tertiary/aromatic N) is 4. The highest BCUT2D eigenvalue weighted by atomic mass is 16.2. The number of benzene rings is 1. The van der Waals surface area contributed by atoms with Gasteiger partial charge in [-0.1, -0.05) is 23.8 Å². The molecule has 0 fully saturated rings. The first kappa shape index (κ1) is 16.0. The molecule has 0 bridgehead atoms. The maximum Gasteiger partial charge on any atom is 0.345 e. The van der Waals surface area contributed by atoms with Crippen LogP contribution in [0.3, 0.4) is 0 Å². The highest BCUT2D eigenvalue weighted by Gasteiger charge is 2.20. The predicted octanol–water partition coefficient (Wildman–Crippen LogP) is 1.42. The van der Waals surface area contributed by atoms with Crippen molar-refractivity contribution in [2.24, 2.45) is 7.05 Å². The smallest absolute Gasteiger partial charge is 0.337 e. The minimum atomic E-state index is -0.291. The second-order valence-corrected chi connectivity index (χ2v) is 5.72. The summed E-state index contributed by atoms with van der Waals surface area (Å²) in [6.07, 6.45) is 1.41. The summed E-state index contributed by atoms with van der Waals surface area (Å²) in [6, 6.07) is 6.15. The van der Waals surface area contributed by atoms with Gasteiger partial charge in [-0.05, 0) is 31.9 Å². The third-order valence-electron chi connectivity index (χ3n) is 4.03. The van der Waals surface area contributed by atoms with Gasteiger partial charge in [-0.25, -0.2) is 9.48 Å². The average Bonchev–Trinajstić information content (AvgIpc) is 2.80. The van der Waals surface area contributed by atoms with Crippen LogP contribution in [-0.4, -0.2) is 32.2 Å². The zero-order valence-corrected chi connectivity index (χ0v) is 13.7. The topological polar surface area (TPSA) is 60.1 Å². The number of rotatable bonds is 4. The van der Waals surface area contributed by atoms with Crippen LogP contribution in [0.1, 0.15) is 29.7 Å². The van der Waals surface area contributed by atoms with Crippen molar-refractivity contribution < 1.29 is 4.79 Å². The fourth-order valence-electron chi connectivity index (χ4n) is 2.40. The van der Waals surface area contributed by atoms with Gasteiger partial charge in [0, 0.05) is 14.1 Å². The number of hydrogen-bond acceptors (Lipinski definition) is 3. The maximum atomic E-state index is 12.4. The van der Waals surface area contributed by atoms with E-state index in [1.54, 1.807) is 19.0 Å². The van der Waals surface area contributed by atoms with E-state index in [0.29, 0.717) is 0 Å². The van der Waals surface area contributed by atoms with Crippen LogP contribution < -0.4 is 5.69 Å². The van der Waals surface area contributed by atoms with Gasteiger partial charge in [-0.3, -0.25) is 9.36 Å². The summed E-state index contributed by atoms with van der Waals surface area (Å²) in [5, 5.41) is 3.92. The van der Waals surface area contributed by atoms with Crippen LogP contribution in [0, 0.1) is 13.8 Å². The SMILES string of the molecule is Cc1ccc(C)c(C(C)N(C)C(=O)Cn2ncn(C)c2=O)c1. The molecule has 0 saturated carbocycles. The van der Waals surface area contributed by atoms with Crippen molar-refractivity contribution >= 4 is 5.91 Å². The zero-order chi connectivity index (χ0) is 16.4. The summed E-state index contributed by atoms with van der Waals surface area (Å²) in [6.45, 7) is 6.00. The molecule has 0 aliphatic rings. The van der Waals surface area contributed by atoms with Crippen LogP contribution in [0.5, 0.6) is 0 Å². The lowest BCUT2D eigenvalue weighted by Gasteiger charge is -2.26. The van der Waals surface area contributed by atoms with Crippen molar-refractivity contribution in [3.05, 3.63) is 51.7 Å². The second-order valence-electron chi connectivity index (χ2n) is 5.72. The Kier molecular flexibility index (Phi) is 4.49. The molecule has 6 nitrogen and oxygen atoms in total. The molecule has 1 heterocycles. The Hall–Kier alpha value is -2.37. The lowest BCUT2D eigenvalue weighted by atomic mass is 9.99. The molecular weight excluding hydrogens is 280 g/mol. The summed E-state index contributed by atoms with van der Waals surface area (Å²) in [5.41, 5.74) is 3.13. The Balaban J connectivity index is 2.18. The Bertz CT molecular complexity index is 745. The van der Waals surface area contributed by atoms with Gasteiger partial charge in [-0.15, -0.1) is 0 Å². The Morgan fingerprint density at radius 2 is 2.05 bits per heavy atom.